The number of aliphatic imine (C=N–C) groups is 1. The maximum Gasteiger partial charge on any atom is 0.256 e. The van der Waals surface area contributed by atoms with Crippen molar-refractivity contribution in [2.45, 2.75) is 19.4 Å². The summed E-state index contributed by atoms with van der Waals surface area (Å²) in [6.07, 6.45) is 0.247. The minimum absolute atomic E-state index is 0.0253. The number of carbonyl (C=O) groups is 1. The standard InChI is InChI=1S/C25H26ClF3N4O3S/c1-14-23(30)19(24(31-2)15-9-16(27)11-17(28)10-15)3-4-33(14)25(34)20-12-18(29)13-21(22(20)26)32-5-7-37(35,36)8-6-32/h9-14H,3-8,30H2,1-2H3/t14-/m0/s1. The molecule has 2 aliphatic rings. The van der Waals surface area contributed by atoms with Gasteiger partial charge in [0.05, 0.1) is 39.5 Å². The summed E-state index contributed by atoms with van der Waals surface area (Å²) in [6.45, 7) is 2.14. The van der Waals surface area contributed by atoms with Gasteiger partial charge in [-0.05, 0) is 37.6 Å². The summed E-state index contributed by atoms with van der Waals surface area (Å²) in [7, 11) is -1.68. The van der Waals surface area contributed by atoms with Gasteiger partial charge < -0.3 is 15.5 Å². The van der Waals surface area contributed by atoms with E-state index in [1.807, 2.05) is 0 Å². The summed E-state index contributed by atoms with van der Waals surface area (Å²) in [6, 6.07) is 4.67. The number of sulfone groups is 1. The molecule has 0 aromatic heterocycles. The van der Waals surface area contributed by atoms with E-state index < -0.39 is 39.2 Å². The first-order chi connectivity index (χ1) is 17.4. The van der Waals surface area contributed by atoms with Crippen molar-refractivity contribution in [3.63, 3.8) is 0 Å². The smallest absolute Gasteiger partial charge is 0.256 e. The second kappa shape index (κ2) is 10.4. The molecule has 0 aliphatic carbocycles. The summed E-state index contributed by atoms with van der Waals surface area (Å²) in [5, 5.41) is 0.0253. The molecule has 1 saturated heterocycles. The minimum Gasteiger partial charge on any atom is -0.400 e. The summed E-state index contributed by atoms with van der Waals surface area (Å²) < 4.78 is 65.8. The molecule has 2 N–H and O–H groups in total. The average molecular weight is 555 g/mol. The normalized spacial score (nSPS) is 20.4. The van der Waals surface area contributed by atoms with Crippen LogP contribution >= 0.6 is 11.6 Å². The molecule has 7 nitrogen and oxygen atoms in total. The summed E-state index contributed by atoms with van der Waals surface area (Å²) in [4.78, 5) is 20.8. The second-order valence-electron chi connectivity index (χ2n) is 9.01. The van der Waals surface area contributed by atoms with Crippen molar-refractivity contribution < 1.29 is 26.4 Å². The summed E-state index contributed by atoms with van der Waals surface area (Å²) >= 11 is 6.56. The number of hydrogen-bond donors (Lipinski definition) is 1. The van der Waals surface area contributed by atoms with Crippen molar-refractivity contribution in [2.24, 2.45) is 10.7 Å². The molecule has 0 unspecified atom stereocenters. The second-order valence-corrected chi connectivity index (χ2v) is 11.7. The van der Waals surface area contributed by atoms with Crippen molar-refractivity contribution in [2.75, 3.05) is 43.1 Å². The number of rotatable bonds is 4. The van der Waals surface area contributed by atoms with Gasteiger partial charge >= 0.3 is 0 Å². The van der Waals surface area contributed by atoms with Crippen LogP contribution in [0.5, 0.6) is 0 Å². The molecule has 2 aromatic rings. The van der Waals surface area contributed by atoms with Gasteiger partial charge in [-0.25, -0.2) is 21.6 Å². The van der Waals surface area contributed by atoms with Gasteiger partial charge in [-0.3, -0.25) is 9.79 Å². The van der Waals surface area contributed by atoms with Crippen molar-refractivity contribution >= 4 is 38.7 Å². The molecule has 1 amide bonds. The highest BCUT2D eigenvalue weighted by Crippen LogP contribution is 2.34. The van der Waals surface area contributed by atoms with Crippen LogP contribution in [0.4, 0.5) is 18.9 Å². The fourth-order valence-corrected chi connectivity index (χ4v) is 6.23. The largest absolute Gasteiger partial charge is 0.400 e. The number of halogens is 4. The Morgan fingerprint density at radius 3 is 2.22 bits per heavy atom. The molecule has 0 bridgehead atoms. The summed E-state index contributed by atoms with van der Waals surface area (Å²) in [5.74, 6) is -2.91. The first-order valence-corrected chi connectivity index (χ1v) is 13.8. The Morgan fingerprint density at radius 1 is 1.03 bits per heavy atom. The van der Waals surface area contributed by atoms with Crippen LogP contribution in [0.2, 0.25) is 5.02 Å². The van der Waals surface area contributed by atoms with E-state index in [2.05, 4.69) is 4.99 Å². The van der Waals surface area contributed by atoms with Crippen LogP contribution in [0.3, 0.4) is 0 Å². The number of hydrogen-bond acceptors (Lipinski definition) is 6. The molecule has 198 valence electrons. The topological polar surface area (TPSA) is 96.1 Å². The average Bonchev–Trinajstić information content (AvgIpc) is 2.83. The Balaban J connectivity index is 1.64. The van der Waals surface area contributed by atoms with Crippen molar-refractivity contribution in [1.82, 2.24) is 4.90 Å². The van der Waals surface area contributed by atoms with Crippen LogP contribution in [0.25, 0.3) is 0 Å². The summed E-state index contributed by atoms with van der Waals surface area (Å²) in [5.41, 5.74) is 7.99. The van der Waals surface area contributed by atoms with E-state index in [0.29, 0.717) is 17.0 Å². The van der Waals surface area contributed by atoms with E-state index in [1.54, 1.807) is 11.8 Å². The zero-order valence-electron chi connectivity index (χ0n) is 20.3. The lowest BCUT2D eigenvalue weighted by Gasteiger charge is -2.36. The third-order valence-corrected chi connectivity index (χ3v) is 8.72. The number of carbonyl (C=O) groups excluding carboxylic acids is 1. The number of nitrogens with zero attached hydrogens (tertiary/aromatic N) is 3. The number of benzene rings is 2. The van der Waals surface area contributed by atoms with Gasteiger partial charge in [-0.1, -0.05) is 11.6 Å². The maximum absolute atomic E-state index is 14.6. The van der Waals surface area contributed by atoms with E-state index in [1.165, 1.54) is 18.0 Å². The quantitative estimate of drug-likeness (QED) is 0.583. The molecule has 4 rings (SSSR count). The molecule has 2 aliphatic heterocycles. The van der Waals surface area contributed by atoms with Gasteiger partial charge in [-0.15, -0.1) is 0 Å². The molecular formula is C25H26ClF3N4O3S. The Labute approximate surface area is 218 Å². The highest BCUT2D eigenvalue weighted by Gasteiger charge is 2.33. The van der Waals surface area contributed by atoms with Gasteiger partial charge in [0.15, 0.2) is 9.84 Å². The molecule has 2 aromatic carbocycles. The Bertz CT molecular complexity index is 1390. The van der Waals surface area contributed by atoms with Crippen LogP contribution in [0.15, 0.2) is 46.6 Å². The minimum atomic E-state index is -3.17. The molecule has 12 heteroatoms. The molecule has 1 fully saturated rings. The number of amides is 1. The lowest BCUT2D eigenvalue weighted by molar-refractivity contribution is 0.0706. The zero-order chi connectivity index (χ0) is 27.1. The predicted octanol–water partition coefficient (Wildman–Crippen LogP) is 3.56. The Morgan fingerprint density at radius 2 is 1.62 bits per heavy atom. The van der Waals surface area contributed by atoms with Gasteiger partial charge in [0, 0.05) is 49.6 Å². The Kier molecular flexibility index (Phi) is 7.57. The molecule has 0 saturated carbocycles. The molecule has 0 radical (unpaired) electrons. The van der Waals surface area contributed by atoms with Crippen molar-refractivity contribution in [1.29, 1.82) is 0 Å². The van der Waals surface area contributed by atoms with Gasteiger partial charge in [0.2, 0.25) is 0 Å². The van der Waals surface area contributed by atoms with Crippen molar-refractivity contribution in [3.8, 4) is 0 Å². The van der Waals surface area contributed by atoms with Crippen molar-refractivity contribution in [3.05, 3.63) is 75.2 Å². The number of anilines is 1. The molecular weight excluding hydrogens is 529 g/mol. The van der Waals surface area contributed by atoms with E-state index in [-0.39, 0.29) is 59.4 Å². The van der Waals surface area contributed by atoms with Crippen LogP contribution < -0.4 is 10.6 Å². The van der Waals surface area contributed by atoms with Gasteiger partial charge in [0.1, 0.15) is 17.5 Å². The zero-order valence-corrected chi connectivity index (χ0v) is 21.8. The van der Waals surface area contributed by atoms with Crippen LogP contribution in [-0.2, 0) is 9.84 Å². The maximum atomic E-state index is 14.6. The Hall–Kier alpha value is -3.05. The van der Waals surface area contributed by atoms with Crippen LogP contribution in [-0.4, -0.2) is 69.2 Å². The first-order valence-electron chi connectivity index (χ1n) is 11.6. The lowest BCUT2D eigenvalue weighted by atomic mass is 9.91. The molecule has 2 heterocycles. The van der Waals surface area contributed by atoms with E-state index >= 15 is 0 Å². The van der Waals surface area contributed by atoms with Gasteiger partial charge in [-0.2, -0.15) is 0 Å². The fourth-order valence-electron chi connectivity index (χ4n) is 4.72. The van der Waals surface area contributed by atoms with Crippen LogP contribution in [0, 0.1) is 17.5 Å². The van der Waals surface area contributed by atoms with Crippen LogP contribution in [0.1, 0.15) is 29.3 Å². The lowest BCUT2D eigenvalue weighted by Crippen LogP contribution is -2.46. The first kappa shape index (κ1) is 27.0. The number of nitrogens with two attached hydrogens (primary N) is 1. The van der Waals surface area contributed by atoms with E-state index in [9.17, 15) is 26.4 Å². The molecule has 0 spiro atoms. The van der Waals surface area contributed by atoms with E-state index in [0.717, 1.165) is 24.3 Å². The highest BCUT2D eigenvalue weighted by atomic mass is 35.5. The highest BCUT2D eigenvalue weighted by molar-refractivity contribution is 7.91. The monoisotopic (exact) mass is 554 g/mol. The van der Waals surface area contributed by atoms with Gasteiger partial charge in [0.25, 0.3) is 5.91 Å². The fraction of sp³-hybridized carbons (Fsp3) is 0.360. The van der Waals surface area contributed by atoms with E-state index in [4.69, 9.17) is 17.3 Å². The SMILES string of the molecule is CN=C(C1=C(N)[C@H](C)N(C(=O)c2cc(F)cc(N3CCS(=O)(=O)CC3)c2Cl)CC1)c1cc(F)cc(F)c1. The third kappa shape index (κ3) is 5.47. The predicted molar refractivity (Wildman–Crippen MR) is 137 cm³/mol. The molecule has 37 heavy (non-hydrogen) atoms. The molecule has 1 atom stereocenters. The third-order valence-electron chi connectivity index (χ3n) is 6.71.